The van der Waals surface area contributed by atoms with E-state index in [1.807, 2.05) is 16.8 Å². The molecular weight excluding hydrogens is 352 g/mol. The zero-order chi connectivity index (χ0) is 15.4. The molecule has 4 nitrogen and oxygen atoms in total. The number of benzene rings is 2. The van der Waals surface area contributed by atoms with Crippen LogP contribution >= 0.6 is 15.9 Å². The highest BCUT2D eigenvalue weighted by molar-refractivity contribution is 9.10. The van der Waals surface area contributed by atoms with Gasteiger partial charge < -0.3 is 4.40 Å². The van der Waals surface area contributed by atoms with Crippen LogP contribution in [-0.4, -0.2) is 18.9 Å². The van der Waals surface area contributed by atoms with Crippen LogP contribution in [0.4, 0.5) is 0 Å². The van der Waals surface area contributed by atoms with Crippen LogP contribution in [0.15, 0.2) is 71.7 Å². The third-order valence-corrected chi connectivity index (χ3v) is 4.50. The summed E-state index contributed by atoms with van der Waals surface area (Å²) in [5.74, 6) is 0.821. The highest BCUT2D eigenvalue weighted by Gasteiger charge is 2.16. The molecule has 0 radical (unpaired) electrons. The Labute approximate surface area is 140 Å². The lowest BCUT2D eigenvalue weighted by Crippen LogP contribution is -2.02. The maximum atomic E-state index is 4.71. The average molecular weight is 363 g/mol. The van der Waals surface area contributed by atoms with Crippen LogP contribution < -0.4 is 0 Å². The summed E-state index contributed by atoms with van der Waals surface area (Å²) in [5.41, 5.74) is 3.09. The average Bonchev–Trinajstić information content (AvgIpc) is 3.16. The van der Waals surface area contributed by atoms with Gasteiger partial charge in [-0.2, -0.15) is 0 Å². The first-order valence-corrected chi connectivity index (χ1v) is 8.10. The Bertz CT molecular complexity index is 1130. The van der Waals surface area contributed by atoms with E-state index in [4.69, 9.17) is 4.98 Å². The number of fused-ring (bicyclic) bond motifs is 4. The summed E-state index contributed by atoms with van der Waals surface area (Å²) < 4.78 is 4.94. The van der Waals surface area contributed by atoms with Crippen molar-refractivity contribution >= 4 is 43.4 Å². The van der Waals surface area contributed by atoms with Crippen molar-refractivity contribution in [3.8, 4) is 5.82 Å². The van der Waals surface area contributed by atoms with Gasteiger partial charge in [-0.15, -0.1) is 0 Å². The first-order valence-electron chi connectivity index (χ1n) is 7.31. The summed E-state index contributed by atoms with van der Waals surface area (Å²) in [4.78, 5) is 9.20. The summed E-state index contributed by atoms with van der Waals surface area (Å²) in [5, 5.41) is 2.43. The van der Waals surface area contributed by atoms with Gasteiger partial charge in [0.2, 0.25) is 0 Å². The molecule has 110 valence electrons. The smallest absolute Gasteiger partial charge is 0.183 e. The van der Waals surface area contributed by atoms with E-state index in [9.17, 15) is 0 Å². The molecule has 0 fully saturated rings. The summed E-state index contributed by atoms with van der Waals surface area (Å²) in [6.07, 6.45) is 5.64. The maximum absolute atomic E-state index is 4.71. The van der Waals surface area contributed by atoms with Gasteiger partial charge in [0, 0.05) is 29.4 Å². The van der Waals surface area contributed by atoms with Crippen molar-refractivity contribution in [2.75, 3.05) is 0 Å². The quantitative estimate of drug-likeness (QED) is 0.437. The molecule has 0 aliphatic carbocycles. The Hall–Kier alpha value is -2.66. The topological polar surface area (TPSA) is 35.1 Å². The molecular formula is C18H11BrN4. The molecule has 5 aromatic rings. The third kappa shape index (κ3) is 1.77. The normalized spacial score (nSPS) is 11.7. The molecule has 0 aliphatic heterocycles. The van der Waals surface area contributed by atoms with Crippen molar-refractivity contribution in [2.24, 2.45) is 0 Å². The maximum Gasteiger partial charge on any atom is 0.183 e. The number of hydrogen-bond donors (Lipinski definition) is 0. The van der Waals surface area contributed by atoms with Gasteiger partial charge in [0.25, 0.3) is 0 Å². The second kappa shape index (κ2) is 4.67. The van der Waals surface area contributed by atoms with Crippen LogP contribution in [0.5, 0.6) is 0 Å². The molecule has 0 atom stereocenters. The van der Waals surface area contributed by atoms with Crippen LogP contribution in [-0.2, 0) is 0 Å². The number of rotatable bonds is 1. The second-order valence-corrected chi connectivity index (χ2v) is 6.23. The van der Waals surface area contributed by atoms with Crippen LogP contribution in [0.3, 0.4) is 0 Å². The monoisotopic (exact) mass is 362 g/mol. The van der Waals surface area contributed by atoms with Crippen LogP contribution in [0.25, 0.3) is 33.3 Å². The van der Waals surface area contributed by atoms with Crippen molar-refractivity contribution in [3.63, 3.8) is 0 Å². The Morgan fingerprint density at radius 1 is 0.870 bits per heavy atom. The predicted molar refractivity (Wildman–Crippen MR) is 95.0 cm³/mol. The largest absolute Gasteiger partial charge is 0.301 e. The van der Waals surface area contributed by atoms with E-state index < -0.39 is 0 Å². The summed E-state index contributed by atoms with van der Waals surface area (Å²) in [6.45, 7) is 0. The highest BCUT2D eigenvalue weighted by Crippen LogP contribution is 2.32. The van der Waals surface area contributed by atoms with Crippen LogP contribution in [0.2, 0.25) is 0 Å². The van der Waals surface area contributed by atoms with E-state index in [-0.39, 0.29) is 0 Å². The van der Waals surface area contributed by atoms with Crippen LogP contribution in [0, 0.1) is 0 Å². The Kier molecular flexibility index (Phi) is 2.60. The fourth-order valence-corrected chi connectivity index (χ4v) is 3.57. The lowest BCUT2D eigenvalue weighted by Gasteiger charge is -2.08. The first kappa shape index (κ1) is 12.8. The number of hydrogen-bond acceptors (Lipinski definition) is 2. The summed E-state index contributed by atoms with van der Waals surface area (Å²) in [7, 11) is 0. The van der Waals surface area contributed by atoms with E-state index in [0.29, 0.717) is 0 Å². The van der Waals surface area contributed by atoms with E-state index >= 15 is 0 Å². The SMILES string of the molecule is Brc1cn2ccnc2c(-n2c3ccccc3c3ccccc32)n1. The minimum Gasteiger partial charge on any atom is -0.301 e. The van der Waals surface area contributed by atoms with E-state index in [2.05, 4.69) is 74.0 Å². The highest BCUT2D eigenvalue weighted by atomic mass is 79.9. The number of halogens is 1. The molecule has 5 rings (SSSR count). The second-order valence-electron chi connectivity index (χ2n) is 5.42. The Morgan fingerprint density at radius 2 is 1.52 bits per heavy atom. The molecule has 0 saturated carbocycles. The van der Waals surface area contributed by atoms with Gasteiger partial charge in [-0.3, -0.25) is 4.57 Å². The molecule has 0 N–H and O–H groups in total. The number of nitrogens with zero attached hydrogens (tertiary/aromatic N) is 4. The van der Waals surface area contributed by atoms with Crippen molar-refractivity contribution in [1.82, 2.24) is 18.9 Å². The van der Waals surface area contributed by atoms with E-state index in [0.717, 1.165) is 27.1 Å². The van der Waals surface area contributed by atoms with Crippen LogP contribution in [0.1, 0.15) is 0 Å². The molecule has 0 bridgehead atoms. The number of aromatic nitrogens is 4. The van der Waals surface area contributed by atoms with Gasteiger partial charge >= 0.3 is 0 Å². The molecule has 0 amide bonds. The van der Waals surface area contributed by atoms with Crippen molar-refractivity contribution in [3.05, 3.63) is 71.7 Å². The van der Waals surface area contributed by atoms with Gasteiger partial charge in [-0.05, 0) is 28.1 Å². The first-order chi connectivity index (χ1) is 11.3. The molecule has 0 saturated heterocycles. The van der Waals surface area contributed by atoms with E-state index in [1.165, 1.54) is 10.8 Å². The zero-order valence-corrected chi connectivity index (χ0v) is 13.6. The molecule has 2 aromatic carbocycles. The van der Waals surface area contributed by atoms with Gasteiger partial charge in [-0.25, -0.2) is 9.97 Å². The van der Waals surface area contributed by atoms with Crippen molar-refractivity contribution in [1.29, 1.82) is 0 Å². The minimum absolute atomic E-state index is 0.778. The third-order valence-electron chi connectivity index (χ3n) is 4.12. The van der Waals surface area contributed by atoms with Crippen molar-refractivity contribution < 1.29 is 0 Å². The fraction of sp³-hybridized carbons (Fsp3) is 0. The molecule has 0 unspecified atom stereocenters. The number of imidazole rings is 1. The number of para-hydroxylation sites is 2. The predicted octanol–water partition coefficient (Wildman–Crippen LogP) is 4.59. The summed E-state index contributed by atoms with van der Waals surface area (Å²) >= 11 is 3.51. The molecule has 5 heteroatoms. The van der Waals surface area contributed by atoms with Gasteiger partial charge in [0.15, 0.2) is 11.5 Å². The fourth-order valence-electron chi connectivity index (χ4n) is 3.19. The van der Waals surface area contributed by atoms with E-state index in [1.54, 1.807) is 6.20 Å². The Balaban J connectivity index is 2.04. The van der Waals surface area contributed by atoms with Gasteiger partial charge in [0.05, 0.1) is 11.0 Å². The lowest BCUT2D eigenvalue weighted by molar-refractivity contribution is 1.01. The minimum atomic E-state index is 0.778. The molecule has 0 spiro atoms. The standard InChI is InChI=1S/C18H11BrN4/c19-16-11-22-10-9-20-17(22)18(21-16)23-14-7-3-1-5-12(14)13-6-2-4-8-15(13)23/h1-11H. The van der Waals surface area contributed by atoms with Gasteiger partial charge in [-0.1, -0.05) is 36.4 Å². The summed E-state index contributed by atoms with van der Waals surface area (Å²) in [6, 6.07) is 16.8. The molecule has 0 aliphatic rings. The lowest BCUT2D eigenvalue weighted by atomic mass is 10.2. The zero-order valence-electron chi connectivity index (χ0n) is 12.0. The van der Waals surface area contributed by atoms with Crippen molar-refractivity contribution in [2.45, 2.75) is 0 Å². The molecule has 3 aromatic heterocycles. The Morgan fingerprint density at radius 3 is 2.22 bits per heavy atom. The van der Waals surface area contributed by atoms with Gasteiger partial charge in [0.1, 0.15) is 4.60 Å². The molecule has 23 heavy (non-hydrogen) atoms. The molecule has 3 heterocycles.